The van der Waals surface area contributed by atoms with Gasteiger partial charge in [-0.05, 0) is 67.9 Å². The fraction of sp³-hybridized carbons (Fsp3) is 0.222. The van der Waals surface area contributed by atoms with Gasteiger partial charge in [-0.2, -0.15) is 0 Å². The van der Waals surface area contributed by atoms with Crippen LogP contribution in [0, 0.1) is 0 Å². The number of aliphatic hydroxyl groups is 1. The fourth-order valence-electron chi connectivity index (χ4n) is 3.59. The smallest absolute Gasteiger partial charge is 0.341 e. The first-order valence-corrected chi connectivity index (χ1v) is 11.7. The van der Waals surface area contributed by atoms with E-state index in [0.717, 1.165) is 0 Å². The number of anilines is 2. The van der Waals surface area contributed by atoms with Gasteiger partial charge in [0, 0.05) is 29.0 Å². The molecule has 0 atom stereocenters. The number of nitrogens with one attached hydrogen (secondary N) is 2. The topological polar surface area (TPSA) is 176 Å². The molecule has 0 aromatic heterocycles. The van der Waals surface area contributed by atoms with Crippen LogP contribution in [0.1, 0.15) is 40.9 Å². The minimum absolute atomic E-state index is 0.0451. The highest BCUT2D eigenvalue weighted by Gasteiger charge is 2.18. The summed E-state index contributed by atoms with van der Waals surface area (Å²) in [6, 6.07) is 16.6. The van der Waals surface area contributed by atoms with Crippen molar-refractivity contribution in [2.24, 2.45) is 10.9 Å². The number of carboxylic acids is 1. The van der Waals surface area contributed by atoms with Crippen molar-refractivity contribution in [3.8, 4) is 11.5 Å². The number of aliphatic carboxylic acids is 1. The van der Waals surface area contributed by atoms with E-state index in [4.69, 9.17) is 25.5 Å². The van der Waals surface area contributed by atoms with Gasteiger partial charge in [-0.25, -0.2) is 4.79 Å². The molecule has 7 N–H and O–H groups in total. The maximum Gasteiger partial charge on any atom is 0.341 e. The molecule has 0 saturated heterocycles. The normalized spacial score (nSPS) is 11.2. The van der Waals surface area contributed by atoms with E-state index in [0.29, 0.717) is 39.4 Å². The quantitative estimate of drug-likeness (QED) is 0.0901. The maximum atomic E-state index is 13.1. The summed E-state index contributed by atoms with van der Waals surface area (Å²) in [5.41, 5.74) is 8.56. The Kier molecular flexibility index (Phi) is 9.49. The number of hydrogen-bond donors (Lipinski definition) is 6. The molecule has 200 valence electrons. The lowest BCUT2D eigenvalue weighted by Crippen LogP contribution is -2.17. The summed E-state index contributed by atoms with van der Waals surface area (Å²) in [7, 11) is 0. The standard InChI is InChI=1S/C27H30N4O7/c1-16(2)38-23-12-17(14-32)11-19(25(23)37-15-24(33)34)13-29-22-6-4-3-5-21(22)27(35)30-20-9-7-18(8-10-20)26(28)31-36/h3-12,16,29,32,36H,13-15H2,1-2H3,(H2,28,31)(H,30,35)(H,33,34). The van der Waals surface area contributed by atoms with Gasteiger partial charge >= 0.3 is 5.97 Å². The van der Waals surface area contributed by atoms with Crippen LogP contribution in [0.2, 0.25) is 0 Å². The zero-order valence-electron chi connectivity index (χ0n) is 21.0. The van der Waals surface area contributed by atoms with Gasteiger partial charge in [-0.3, -0.25) is 4.79 Å². The minimum Gasteiger partial charge on any atom is -0.487 e. The van der Waals surface area contributed by atoms with Gasteiger partial charge in [-0.1, -0.05) is 17.3 Å². The van der Waals surface area contributed by atoms with Gasteiger partial charge < -0.3 is 41.3 Å². The van der Waals surface area contributed by atoms with Gasteiger partial charge in [0.2, 0.25) is 0 Å². The number of aliphatic hydroxyl groups excluding tert-OH is 1. The van der Waals surface area contributed by atoms with Crippen LogP contribution < -0.4 is 25.8 Å². The van der Waals surface area contributed by atoms with E-state index >= 15 is 0 Å². The molecule has 3 rings (SSSR count). The van der Waals surface area contributed by atoms with E-state index in [1.165, 1.54) is 0 Å². The molecule has 38 heavy (non-hydrogen) atoms. The fourth-order valence-corrected chi connectivity index (χ4v) is 3.59. The van der Waals surface area contributed by atoms with Gasteiger partial charge in [0.25, 0.3) is 5.91 Å². The number of carbonyl (C=O) groups excluding carboxylic acids is 1. The Balaban J connectivity index is 1.85. The molecule has 0 unspecified atom stereocenters. The first-order chi connectivity index (χ1) is 18.2. The van der Waals surface area contributed by atoms with Crippen LogP contribution in [-0.4, -0.2) is 45.8 Å². The number of oxime groups is 1. The molecule has 0 bridgehead atoms. The Morgan fingerprint density at radius 2 is 1.79 bits per heavy atom. The Bertz CT molecular complexity index is 1310. The molecule has 11 heteroatoms. The number of amides is 1. The van der Waals surface area contributed by atoms with Gasteiger partial charge in [0.15, 0.2) is 23.9 Å². The molecule has 0 aliphatic heterocycles. The Labute approximate surface area is 219 Å². The van der Waals surface area contributed by atoms with Crippen LogP contribution >= 0.6 is 0 Å². The number of nitrogens with two attached hydrogens (primary N) is 1. The van der Waals surface area contributed by atoms with E-state index in [9.17, 15) is 14.7 Å². The Morgan fingerprint density at radius 3 is 2.42 bits per heavy atom. The molecule has 0 fully saturated rings. The summed E-state index contributed by atoms with van der Waals surface area (Å²) >= 11 is 0. The number of para-hydroxylation sites is 1. The molecular weight excluding hydrogens is 492 g/mol. The number of nitrogens with zero attached hydrogens (tertiary/aromatic N) is 1. The molecule has 0 aliphatic rings. The third-order valence-corrected chi connectivity index (χ3v) is 5.26. The first-order valence-electron chi connectivity index (χ1n) is 11.7. The molecule has 3 aromatic rings. The molecule has 3 aromatic carbocycles. The molecule has 0 heterocycles. The molecule has 11 nitrogen and oxygen atoms in total. The minimum atomic E-state index is -1.15. The van der Waals surface area contributed by atoms with Crippen molar-refractivity contribution in [1.29, 1.82) is 0 Å². The number of ether oxygens (including phenoxy) is 2. The highest BCUT2D eigenvalue weighted by molar-refractivity contribution is 6.08. The van der Waals surface area contributed by atoms with E-state index in [1.807, 2.05) is 13.8 Å². The van der Waals surface area contributed by atoms with Crippen molar-refractivity contribution < 1.29 is 34.5 Å². The third-order valence-electron chi connectivity index (χ3n) is 5.26. The monoisotopic (exact) mass is 522 g/mol. The van der Waals surface area contributed by atoms with Crippen molar-refractivity contribution in [3.05, 3.63) is 82.9 Å². The van der Waals surface area contributed by atoms with E-state index < -0.39 is 12.6 Å². The Hall–Kier alpha value is -4.77. The lowest BCUT2D eigenvalue weighted by molar-refractivity contribution is -0.139. The zero-order chi connectivity index (χ0) is 27.7. The molecule has 0 spiro atoms. The van der Waals surface area contributed by atoms with Crippen molar-refractivity contribution in [2.75, 3.05) is 17.2 Å². The maximum absolute atomic E-state index is 13.1. The summed E-state index contributed by atoms with van der Waals surface area (Å²) in [6.45, 7) is 2.96. The highest BCUT2D eigenvalue weighted by Crippen LogP contribution is 2.35. The van der Waals surface area contributed by atoms with Crippen LogP contribution in [0.3, 0.4) is 0 Å². The van der Waals surface area contributed by atoms with Crippen molar-refractivity contribution >= 4 is 29.1 Å². The summed E-state index contributed by atoms with van der Waals surface area (Å²) in [6.07, 6.45) is -0.220. The second kappa shape index (κ2) is 13.0. The first kappa shape index (κ1) is 27.8. The number of rotatable bonds is 12. The Morgan fingerprint density at radius 1 is 1.08 bits per heavy atom. The average molecular weight is 523 g/mol. The molecule has 0 radical (unpaired) electrons. The van der Waals surface area contributed by atoms with Crippen molar-refractivity contribution in [1.82, 2.24) is 0 Å². The van der Waals surface area contributed by atoms with E-state index in [2.05, 4.69) is 15.8 Å². The summed E-state index contributed by atoms with van der Waals surface area (Å²) in [5, 5.41) is 36.6. The van der Waals surface area contributed by atoms with E-state index in [1.54, 1.807) is 60.7 Å². The molecule has 0 aliphatic carbocycles. The number of hydrogen-bond acceptors (Lipinski definition) is 8. The second-order valence-electron chi connectivity index (χ2n) is 8.51. The third kappa shape index (κ3) is 7.37. The molecule has 0 saturated carbocycles. The molecule has 1 amide bonds. The second-order valence-corrected chi connectivity index (χ2v) is 8.51. The number of benzene rings is 3. The SMILES string of the molecule is CC(C)Oc1cc(CO)cc(CNc2ccccc2C(=O)Nc2ccc(/C(N)=N/O)cc2)c1OCC(=O)O. The van der Waals surface area contributed by atoms with Crippen LogP contribution in [0.15, 0.2) is 65.8 Å². The van der Waals surface area contributed by atoms with Crippen LogP contribution in [0.4, 0.5) is 11.4 Å². The number of carboxylic acid groups (broad SMARTS) is 1. The predicted octanol–water partition coefficient (Wildman–Crippen LogP) is 3.39. The zero-order valence-corrected chi connectivity index (χ0v) is 21.0. The van der Waals surface area contributed by atoms with Crippen LogP contribution in [0.5, 0.6) is 11.5 Å². The molecular formula is C27H30N4O7. The lowest BCUT2D eigenvalue weighted by Gasteiger charge is -2.20. The summed E-state index contributed by atoms with van der Waals surface area (Å²) < 4.78 is 11.4. The van der Waals surface area contributed by atoms with Crippen LogP contribution in [-0.2, 0) is 17.9 Å². The van der Waals surface area contributed by atoms with Gasteiger partial charge in [0.1, 0.15) is 0 Å². The summed E-state index contributed by atoms with van der Waals surface area (Å²) in [4.78, 5) is 24.2. The lowest BCUT2D eigenvalue weighted by atomic mass is 10.1. The highest BCUT2D eigenvalue weighted by atomic mass is 16.5. The van der Waals surface area contributed by atoms with Crippen LogP contribution in [0.25, 0.3) is 0 Å². The largest absolute Gasteiger partial charge is 0.487 e. The van der Waals surface area contributed by atoms with Gasteiger partial charge in [0.05, 0.1) is 18.3 Å². The number of carbonyl (C=O) groups is 2. The van der Waals surface area contributed by atoms with Crippen molar-refractivity contribution in [3.63, 3.8) is 0 Å². The van der Waals surface area contributed by atoms with Crippen molar-refractivity contribution in [2.45, 2.75) is 33.1 Å². The van der Waals surface area contributed by atoms with Gasteiger partial charge in [-0.15, -0.1) is 0 Å². The predicted molar refractivity (Wildman–Crippen MR) is 142 cm³/mol. The number of amidine groups is 1. The average Bonchev–Trinajstić information content (AvgIpc) is 2.90. The van der Waals surface area contributed by atoms with E-state index in [-0.39, 0.29) is 36.7 Å². The summed E-state index contributed by atoms with van der Waals surface area (Å²) in [5.74, 6) is -1.02.